The van der Waals surface area contributed by atoms with Gasteiger partial charge in [-0.25, -0.2) is 14.2 Å². The molecule has 0 radical (unpaired) electrons. The SMILES string of the molecule is CC(C)CNc1nc(N)c(F)c(-c2n[nH]c3c2CN(C(=O)N2CC(C)(C)N(C)C[C@@H]2C)C3(C)C)n1. The predicted molar refractivity (Wildman–Crippen MR) is 134 cm³/mol. The van der Waals surface area contributed by atoms with Crippen LogP contribution in [0.15, 0.2) is 0 Å². The molecule has 1 fully saturated rings. The molecule has 4 N–H and O–H groups in total. The van der Waals surface area contributed by atoms with Gasteiger partial charge in [-0.05, 0) is 47.6 Å². The van der Waals surface area contributed by atoms with Crippen LogP contribution in [0.3, 0.4) is 0 Å². The lowest BCUT2D eigenvalue weighted by Gasteiger charge is -2.50. The number of hydrogen-bond donors (Lipinski definition) is 3. The lowest BCUT2D eigenvalue weighted by molar-refractivity contribution is 0.00695. The number of hydrogen-bond acceptors (Lipinski definition) is 7. The molecule has 0 bridgehead atoms. The first-order chi connectivity index (χ1) is 16.2. The number of amides is 2. The molecule has 2 aromatic rings. The summed E-state index contributed by atoms with van der Waals surface area (Å²) in [5.41, 5.74) is 7.00. The molecule has 2 aliphatic heterocycles. The molecule has 10 nitrogen and oxygen atoms in total. The van der Waals surface area contributed by atoms with Crippen LogP contribution >= 0.6 is 0 Å². The molecule has 0 saturated carbocycles. The van der Waals surface area contributed by atoms with Crippen LogP contribution in [0.2, 0.25) is 0 Å². The Morgan fingerprint density at radius 2 is 1.94 bits per heavy atom. The van der Waals surface area contributed by atoms with Crippen LogP contribution in [0.1, 0.15) is 59.7 Å². The van der Waals surface area contributed by atoms with Gasteiger partial charge in [0.05, 0.1) is 17.8 Å². The van der Waals surface area contributed by atoms with Crippen molar-refractivity contribution in [1.29, 1.82) is 0 Å². The van der Waals surface area contributed by atoms with Crippen molar-refractivity contribution in [3.63, 3.8) is 0 Å². The highest BCUT2D eigenvalue weighted by Crippen LogP contribution is 2.43. The van der Waals surface area contributed by atoms with Gasteiger partial charge in [-0.3, -0.25) is 10.00 Å². The minimum atomic E-state index is -0.716. The van der Waals surface area contributed by atoms with E-state index in [1.54, 1.807) is 0 Å². The first-order valence-electron chi connectivity index (χ1n) is 12.2. The highest BCUT2D eigenvalue weighted by molar-refractivity contribution is 5.78. The average Bonchev–Trinajstić information content (AvgIpc) is 3.29. The maximum absolute atomic E-state index is 15.1. The number of nitrogen functional groups attached to an aromatic ring is 1. The largest absolute Gasteiger partial charge is 0.381 e. The molecule has 4 heterocycles. The van der Waals surface area contributed by atoms with Crippen LogP contribution in [0.5, 0.6) is 0 Å². The first kappa shape index (κ1) is 25.2. The maximum Gasteiger partial charge on any atom is 0.321 e. The molecule has 11 heteroatoms. The second kappa shape index (κ2) is 8.61. The summed E-state index contributed by atoms with van der Waals surface area (Å²) in [6, 6.07) is 0.0303. The van der Waals surface area contributed by atoms with Gasteiger partial charge in [0, 0.05) is 36.8 Å². The highest BCUT2D eigenvalue weighted by atomic mass is 19.1. The zero-order valence-corrected chi connectivity index (χ0v) is 22.0. The van der Waals surface area contributed by atoms with Crippen molar-refractivity contribution in [3.8, 4) is 11.4 Å². The fraction of sp³-hybridized carbons (Fsp3) is 0.667. The Hall–Kier alpha value is -2.95. The molecule has 2 aromatic heterocycles. The van der Waals surface area contributed by atoms with Gasteiger partial charge in [-0.1, -0.05) is 13.8 Å². The zero-order chi connectivity index (χ0) is 25.9. The molecule has 1 saturated heterocycles. The molecule has 2 aliphatic rings. The number of aromatic nitrogens is 4. The molecule has 1 atom stereocenters. The molecule has 0 aromatic carbocycles. The third kappa shape index (κ3) is 4.30. The quantitative estimate of drug-likeness (QED) is 0.606. The van der Waals surface area contributed by atoms with Crippen LogP contribution in [0, 0.1) is 11.7 Å². The fourth-order valence-electron chi connectivity index (χ4n) is 4.86. The van der Waals surface area contributed by atoms with E-state index in [0.717, 1.165) is 17.8 Å². The van der Waals surface area contributed by atoms with Crippen LogP contribution < -0.4 is 11.1 Å². The van der Waals surface area contributed by atoms with E-state index in [-0.39, 0.29) is 35.1 Å². The third-order valence-corrected chi connectivity index (χ3v) is 7.38. The van der Waals surface area contributed by atoms with Crippen LogP contribution in [0.25, 0.3) is 11.4 Å². The number of nitrogens with one attached hydrogen (secondary N) is 2. The summed E-state index contributed by atoms with van der Waals surface area (Å²) in [7, 11) is 2.09. The molecular weight excluding hydrogens is 449 g/mol. The Morgan fingerprint density at radius 1 is 1.26 bits per heavy atom. The summed E-state index contributed by atoms with van der Waals surface area (Å²) >= 11 is 0. The molecular formula is C24H38FN9O. The summed E-state index contributed by atoms with van der Waals surface area (Å²) in [5, 5.41) is 10.6. The monoisotopic (exact) mass is 487 g/mol. The van der Waals surface area contributed by atoms with Crippen LogP contribution in [-0.4, -0.2) is 79.2 Å². The van der Waals surface area contributed by atoms with Crippen LogP contribution in [0.4, 0.5) is 21.0 Å². The van der Waals surface area contributed by atoms with E-state index in [4.69, 9.17) is 5.73 Å². The maximum atomic E-state index is 15.1. The Kier molecular flexibility index (Phi) is 6.19. The zero-order valence-electron chi connectivity index (χ0n) is 22.0. The van der Waals surface area contributed by atoms with Crippen molar-refractivity contribution in [2.75, 3.05) is 37.7 Å². The van der Waals surface area contributed by atoms with Gasteiger partial charge < -0.3 is 20.9 Å². The van der Waals surface area contributed by atoms with Gasteiger partial charge >= 0.3 is 6.03 Å². The standard InChI is InChI=1S/C24H38FN9O/c1-13(2)9-27-21-28-18(16(25)20(26)29-21)17-15-11-34(24(6,7)19(15)31-30-17)22(35)33-12-23(4,5)32(8)10-14(33)3/h13-14H,9-12H2,1-8H3,(H,30,31)(H3,26,27,28,29)/t14-/m0/s1. The van der Waals surface area contributed by atoms with Crippen LogP contribution in [-0.2, 0) is 12.1 Å². The number of likely N-dealkylation sites (N-methyl/N-ethyl adjacent to an activating group) is 1. The second-order valence-corrected chi connectivity index (χ2v) is 11.4. The first-order valence-corrected chi connectivity index (χ1v) is 12.2. The number of carbonyl (C=O) groups excluding carboxylic acids is 1. The van der Waals surface area contributed by atoms with Crippen molar-refractivity contribution in [1.82, 2.24) is 34.9 Å². The number of nitrogens with two attached hydrogens (primary N) is 1. The minimum Gasteiger partial charge on any atom is -0.381 e. The van der Waals surface area contributed by atoms with E-state index < -0.39 is 11.4 Å². The summed E-state index contributed by atoms with van der Waals surface area (Å²) in [4.78, 5) is 28.3. The van der Waals surface area contributed by atoms with Gasteiger partial charge in [-0.2, -0.15) is 10.1 Å². The van der Waals surface area contributed by atoms with Gasteiger partial charge in [0.1, 0.15) is 11.4 Å². The number of aromatic amines is 1. The topological polar surface area (TPSA) is 119 Å². The van der Waals surface area contributed by atoms with Crippen molar-refractivity contribution in [3.05, 3.63) is 17.1 Å². The predicted octanol–water partition coefficient (Wildman–Crippen LogP) is 3.24. The lowest BCUT2D eigenvalue weighted by Crippen LogP contribution is -2.65. The van der Waals surface area contributed by atoms with Gasteiger partial charge in [0.25, 0.3) is 0 Å². The van der Waals surface area contributed by atoms with Gasteiger partial charge in [0.2, 0.25) is 5.95 Å². The Balaban J connectivity index is 1.67. The smallest absolute Gasteiger partial charge is 0.321 e. The number of nitrogens with zero attached hydrogens (tertiary/aromatic N) is 6. The summed E-state index contributed by atoms with van der Waals surface area (Å²) in [5.74, 6) is -0.351. The number of carbonyl (C=O) groups is 1. The Bertz CT molecular complexity index is 1130. The van der Waals surface area contributed by atoms with Crippen molar-refractivity contribution >= 4 is 17.8 Å². The number of rotatable bonds is 4. The normalized spacial score (nSPS) is 21.5. The molecule has 0 unspecified atom stereocenters. The molecule has 0 spiro atoms. The van der Waals surface area contributed by atoms with E-state index in [0.29, 0.717) is 31.2 Å². The highest BCUT2D eigenvalue weighted by Gasteiger charge is 2.48. The summed E-state index contributed by atoms with van der Waals surface area (Å²) in [6.45, 7) is 16.8. The molecule has 192 valence electrons. The van der Waals surface area contributed by atoms with E-state index in [1.807, 2.05) is 23.6 Å². The molecule has 0 aliphatic carbocycles. The second-order valence-electron chi connectivity index (χ2n) is 11.4. The van der Waals surface area contributed by atoms with Gasteiger partial charge in [0.15, 0.2) is 11.6 Å². The molecule has 35 heavy (non-hydrogen) atoms. The van der Waals surface area contributed by atoms with Crippen molar-refractivity contribution in [2.45, 2.75) is 72.1 Å². The lowest BCUT2D eigenvalue weighted by atomic mass is 9.96. The number of H-pyrrole nitrogens is 1. The molecule has 4 rings (SSSR count). The van der Waals surface area contributed by atoms with E-state index in [2.05, 4.69) is 72.0 Å². The summed E-state index contributed by atoms with van der Waals surface area (Å²) < 4.78 is 15.1. The third-order valence-electron chi connectivity index (χ3n) is 7.38. The van der Waals surface area contributed by atoms with E-state index in [1.165, 1.54) is 0 Å². The Labute approximate surface area is 206 Å². The van der Waals surface area contributed by atoms with E-state index in [9.17, 15) is 4.79 Å². The number of anilines is 2. The number of urea groups is 1. The number of fused-ring (bicyclic) bond motifs is 1. The molecule has 2 amide bonds. The number of halogens is 1. The van der Waals surface area contributed by atoms with Gasteiger partial charge in [-0.15, -0.1) is 0 Å². The van der Waals surface area contributed by atoms with Crippen molar-refractivity contribution < 1.29 is 9.18 Å². The summed E-state index contributed by atoms with van der Waals surface area (Å²) in [6.07, 6.45) is 0. The average molecular weight is 488 g/mol. The fourth-order valence-corrected chi connectivity index (χ4v) is 4.86. The van der Waals surface area contributed by atoms with Crippen molar-refractivity contribution in [2.24, 2.45) is 5.92 Å². The minimum absolute atomic E-state index is 0.0282. The number of piperazine rings is 1. The Morgan fingerprint density at radius 3 is 2.60 bits per heavy atom. The van der Waals surface area contributed by atoms with E-state index >= 15 is 4.39 Å².